The van der Waals surface area contributed by atoms with Gasteiger partial charge in [0.05, 0.1) is 16.4 Å². The third-order valence-electron chi connectivity index (χ3n) is 4.28. The molecule has 0 atom stereocenters. The smallest absolute Gasteiger partial charge is 0.287 e. The van der Waals surface area contributed by atoms with Crippen LogP contribution in [0.15, 0.2) is 63.5 Å². The standard InChI is InChI=1S/C20H15F3N4OS/c1-2-11-27-17(28)13-8-4-6-10-15(13)25-19(27)29-16-12-7-3-5-9-14(12)24-18(26-16)20(21,22)23/h3-10H,2,11H2,1H3. The van der Waals surface area contributed by atoms with Crippen molar-refractivity contribution in [2.24, 2.45) is 0 Å². The van der Waals surface area contributed by atoms with Gasteiger partial charge in [0.1, 0.15) is 5.03 Å². The van der Waals surface area contributed by atoms with Crippen molar-refractivity contribution in [3.05, 3.63) is 64.7 Å². The fourth-order valence-corrected chi connectivity index (χ4v) is 4.00. The number of hydrogen-bond donors (Lipinski definition) is 0. The maximum absolute atomic E-state index is 13.3. The molecule has 0 bridgehead atoms. The van der Waals surface area contributed by atoms with E-state index in [4.69, 9.17) is 0 Å². The van der Waals surface area contributed by atoms with Crippen molar-refractivity contribution in [3.63, 3.8) is 0 Å². The van der Waals surface area contributed by atoms with Gasteiger partial charge >= 0.3 is 6.18 Å². The molecule has 0 fully saturated rings. The van der Waals surface area contributed by atoms with Crippen LogP contribution in [0.1, 0.15) is 19.2 Å². The summed E-state index contributed by atoms with van der Waals surface area (Å²) >= 11 is 0.944. The van der Waals surface area contributed by atoms with Crippen LogP contribution in [0.4, 0.5) is 13.2 Å². The van der Waals surface area contributed by atoms with Crippen LogP contribution in [-0.4, -0.2) is 19.5 Å². The van der Waals surface area contributed by atoms with Crippen molar-refractivity contribution in [2.75, 3.05) is 0 Å². The third-order valence-corrected chi connectivity index (χ3v) is 5.28. The van der Waals surface area contributed by atoms with Gasteiger partial charge in [0.2, 0.25) is 5.82 Å². The number of rotatable bonds is 4. The minimum atomic E-state index is -4.68. The number of aromatic nitrogens is 4. The number of halogens is 3. The van der Waals surface area contributed by atoms with E-state index in [0.717, 1.165) is 11.8 Å². The molecule has 2 aromatic carbocycles. The molecule has 0 saturated carbocycles. The summed E-state index contributed by atoms with van der Waals surface area (Å²) in [5, 5.41) is 1.34. The molecule has 5 nitrogen and oxygen atoms in total. The first-order valence-electron chi connectivity index (χ1n) is 8.90. The van der Waals surface area contributed by atoms with Crippen LogP contribution in [0.5, 0.6) is 0 Å². The summed E-state index contributed by atoms with van der Waals surface area (Å²) in [6, 6.07) is 13.4. The molecular weight excluding hydrogens is 401 g/mol. The lowest BCUT2D eigenvalue weighted by Crippen LogP contribution is -2.23. The molecule has 9 heteroatoms. The molecule has 148 valence electrons. The lowest BCUT2D eigenvalue weighted by atomic mass is 10.2. The predicted molar refractivity (Wildman–Crippen MR) is 105 cm³/mol. The van der Waals surface area contributed by atoms with Crippen molar-refractivity contribution in [2.45, 2.75) is 36.2 Å². The third kappa shape index (κ3) is 3.69. The minimum Gasteiger partial charge on any atom is -0.287 e. The van der Waals surface area contributed by atoms with Gasteiger partial charge in [-0.05, 0) is 36.4 Å². The highest BCUT2D eigenvalue weighted by atomic mass is 32.2. The molecule has 4 aromatic rings. The lowest BCUT2D eigenvalue weighted by molar-refractivity contribution is -0.145. The van der Waals surface area contributed by atoms with Gasteiger partial charge < -0.3 is 0 Å². The Morgan fingerprint density at radius 1 is 0.931 bits per heavy atom. The van der Waals surface area contributed by atoms with E-state index in [1.165, 1.54) is 10.6 Å². The van der Waals surface area contributed by atoms with Gasteiger partial charge in [-0.15, -0.1) is 0 Å². The second kappa shape index (κ2) is 7.47. The number of hydrogen-bond acceptors (Lipinski definition) is 5. The van der Waals surface area contributed by atoms with E-state index in [0.29, 0.717) is 34.4 Å². The van der Waals surface area contributed by atoms with Crippen LogP contribution >= 0.6 is 11.8 Å². The van der Waals surface area contributed by atoms with Gasteiger partial charge in [0.15, 0.2) is 5.16 Å². The zero-order valence-electron chi connectivity index (χ0n) is 15.3. The number of para-hydroxylation sites is 2. The van der Waals surface area contributed by atoms with E-state index in [9.17, 15) is 18.0 Å². The van der Waals surface area contributed by atoms with E-state index in [-0.39, 0.29) is 16.1 Å². The quantitative estimate of drug-likeness (QED) is 0.349. The van der Waals surface area contributed by atoms with E-state index < -0.39 is 12.0 Å². The Labute approximate surface area is 167 Å². The first-order valence-corrected chi connectivity index (χ1v) is 9.71. The number of nitrogens with zero attached hydrogens (tertiary/aromatic N) is 4. The second-order valence-electron chi connectivity index (χ2n) is 6.34. The predicted octanol–water partition coefficient (Wildman–Crippen LogP) is 4.92. The van der Waals surface area contributed by atoms with Gasteiger partial charge in [-0.3, -0.25) is 9.36 Å². The summed E-state index contributed by atoms with van der Waals surface area (Å²) in [5.74, 6) is -1.22. The molecule has 29 heavy (non-hydrogen) atoms. The normalized spacial score (nSPS) is 12.0. The van der Waals surface area contributed by atoms with Crippen molar-refractivity contribution in [1.29, 1.82) is 0 Å². The zero-order chi connectivity index (χ0) is 20.6. The Bertz CT molecular complexity index is 1270. The largest absolute Gasteiger partial charge is 0.451 e. The molecular formula is C20H15F3N4OS. The molecule has 0 N–H and O–H groups in total. The molecule has 0 spiro atoms. The van der Waals surface area contributed by atoms with Crippen LogP contribution in [0.25, 0.3) is 21.8 Å². The molecule has 0 radical (unpaired) electrons. The maximum Gasteiger partial charge on any atom is 0.451 e. The maximum atomic E-state index is 13.3. The van der Waals surface area contributed by atoms with Crippen LogP contribution in [-0.2, 0) is 12.7 Å². The van der Waals surface area contributed by atoms with Gasteiger partial charge in [-0.2, -0.15) is 13.2 Å². The molecule has 0 aliphatic heterocycles. The van der Waals surface area contributed by atoms with E-state index in [2.05, 4.69) is 15.0 Å². The summed E-state index contributed by atoms with van der Waals surface area (Å²) in [5.41, 5.74) is 0.443. The number of benzene rings is 2. The SMILES string of the molecule is CCCn1c(Sc2nc(C(F)(F)F)nc3ccccc23)nc2ccccc2c1=O. The summed E-state index contributed by atoms with van der Waals surface area (Å²) in [4.78, 5) is 24.8. The Morgan fingerprint density at radius 2 is 1.55 bits per heavy atom. The first kappa shape index (κ1) is 19.4. The van der Waals surface area contributed by atoms with E-state index in [1.54, 1.807) is 42.5 Å². The fraction of sp³-hybridized carbons (Fsp3) is 0.200. The average molecular weight is 416 g/mol. The number of fused-ring (bicyclic) bond motifs is 2. The monoisotopic (exact) mass is 416 g/mol. The van der Waals surface area contributed by atoms with E-state index >= 15 is 0 Å². The van der Waals surface area contributed by atoms with Gasteiger partial charge in [-0.25, -0.2) is 15.0 Å². The number of alkyl halides is 3. The van der Waals surface area contributed by atoms with Crippen molar-refractivity contribution >= 4 is 33.6 Å². The fourth-order valence-electron chi connectivity index (χ4n) is 2.98. The summed E-state index contributed by atoms with van der Waals surface area (Å²) in [7, 11) is 0. The van der Waals surface area contributed by atoms with Gasteiger partial charge in [0.25, 0.3) is 5.56 Å². The summed E-state index contributed by atoms with van der Waals surface area (Å²) < 4.78 is 41.4. The Morgan fingerprint density at radius 3 is 2.21 bits per heavy atom. The van der Waals surface area contributed by atoms with Gasteiger partial charge in [0, 0.05) is 11.9 Å². The average Bonchev–Trinajstić information content (AvgIpc) is 2.70. The van der Waals surface area contributed by atoms with Crippen molar-refractivity contribution in [1.82, 2.24) is 19.5 Å². The van der Waals surface area contributed by atoms with Crippen LogP contribution in [0.2, 0.25) is 0 Å². The first-order chi connectivity index (χ1) is 13.9. The Balaban J connectivity index is 1.94. The summed E-state index contributed by atoms with van der Waals surface area (Å²) in [6.07, 6.45) is -4.01. The molecule has 0 aliphatic carbocycles. The molecule has 4 rings (SSSR count). The molecule has 0 unspecified atom stereocenters. The van der Waals surface area contributed by atoms with Crippen molar-refractivity contribution < 1.29 is 13.2 Å². The Kier molecular flexibility index (Phi) is 4.99. The van der Waals surface area contributed by atoms with Crippen LogP contribution in [0, 0.1) is 0 Å². The second-order valence-corrected chi connectivity index (χ2v) is 7.29. The highest BCUT2D eigenvalue weighted by Gasteiger charge is 2.35. The van der Waals surface area contributed by atoms with Gasteiger partial charge in [-0.1, -0.05) is 37.3 Å². The minimum absolute atomic E-state index is 0.106. The highest BCUT2D eigenvalue weighted by Crippen LogP contribution is 2.34. The molecule has 2 heterocycles. The van der Waals surface area contributed by atoms with Crippen LogP contribution in [0.3, 0.4) is 0 Å². The molecule has 0 amide bonds. The molecule has 0 saturated heterocycles. The Hall–Kier alpha value is -2.94. The highest BCUT2D eigenvalue weighted by molar-refractivity contribution is 7.99. The van der Waals surface area contributed by atoms with E-state index in [1.807, 2.05) is 6.92 Å². The zero-order valence-corrected chi connectivity index (χ0v) is 16.1. The summed E-state index contributed by atoms with van der Waals surface area (Å²) in [6.45, 7) is 2.31. The van der Waals surface area contributed by atoms with Crippen LogP contribution < -0.4 is 5.56 Å². The topological polar surface area (TPSA) is 60.7 Å². The molecule has 2 aromatic heterocycles. The lowest BCUT2D eigenvalue weighted by Gasteiger charge is -2.14. The van der Waals surface area contributed by atoms with Crippen molar-refractivity contribution in [3.8, 4) is 0 Å². The molecule has 0 aliphatic rings.